The molecule has 4 heterocycles. The molecule has 7 heteroatoms. The number of nitrogens with two attached hydrogens (primary N) is 1. The van der Waals surface area contributed by atoms with E-state index in [1.54, 1.807) is 10.7 Å². The second-order valence-corrected chi connectivity index (χ2v) is 6.24. The number of pyridine rings is 1. The van der Waals surface area contributed by atoms with Crippen LogP contribution in [0.4, 0.5) is 11.5 Å². The minimum Gasteiger partial charge on any atom is -0.395 e. The molecule has 0 amide bonds. The summed E-state index contributed by atoms with van der Waals surface area (Å²) in [6.07, 6.45) is 7.62. The van der Waals surface area contributed by atoms with Gasteiger partial charge in [0.1, 0.15) is 0 Å². The molecule has 0 aromatic carbocycles. The van der Waals surface area contributed by atoms with E-state index in [4.69, 9.17) is 5.73 Å². The lowest BCUT2D eigenvalue weighted by Gasteiger charge is -2.25. The molecule has 0 unspecified atom stereocenters. The van der Waals surface area contributed by atoms with Crippen LogP contribution in [0.2, 0.25) is 0 Å². The summed E-state index contributed by atoms with van der Waals surface area (Å²) in [6.45, 7) is 4.01. The van der Waals surface area contributed by atoms with Crippen LogP contribution in [-0.4, -0.2) is 38.7 Å². The Morgan fingerprint density at radius 1 is 1.33 bits per heavy atom. The molecule has 1 aliphatic heterocycles. The third-order valence-electron chi connectivity index (χ3n) is 4.38. The average molecular weight is 323 g/mol. The normalized spacial score (nSPS) is 18.0. The van der Waals surface area contributed by atoms with E-state index in [1.165, 1.54) is 0 Å². The number of hydrogen-bond acceptors (Lipinski definition) is 6. The van der Waals surface area contributed by atoms with E-state index < -0.39 is 0 Å². The largest absolute Gasteiger partial charge is 0.395 e. The van der Waals surface area contributed by atoms with Crippen LogP contribution < -0.4 is 16.4 Å². The number of hydrogen-bond donors (Lipinski definition) is 3. The molecule has 1 saturated heterocycles. The van der Waals surface area contributed by atoms with Crippen LogP contribution in [0.3, 0.4) is 0 Å². The van der Waals surface area contributed by atoms with E-state index >= 15 is 0 Å². The summed E-state index contributed by atoms with van der Waals surface area (Å²) in [5.41, 5.74) is 10.4. The van der Waals surface area contributed by atoms with Crippen LogP contribution in [-0.2, 0) is 0 Å². The number of aromatic nitrogens is 4. The van der Waals surface area contributed by atoms with E-state index in [0.717, 1.165) is 48.6 Å². The van der Waals surface area contributed by atoms with E-state index in [0.29, 0.717) is 17.4 Å². The van der Waals surface area contributed by atoms with Gasteiger partial charge in [-0.25, -0.2) is 9.50 Å². The molecule has 7 nitrogen and oxygen atoms in total. The summed E-state index contributed by atoms with van der Waals surface area (Å²) in [4.78, 5) is 8.86. The maximum atomic E-state index is 6.42. The third-order valence-corrected chi connectivity index (χ3v) is 4.38. The predicted molar refractivity (Wildman–Crippen MR) is 94.9 cm³/mol. The summed E-state index contributed by atoms with van der Waals surface area (Å²) >= 11 is 0. The van der Waals surface area contributed by atoms with Crippen molar-refractivity contribution < 1.29 is 0 Å². The Labute approximate surface area is 140 Å². The number of fused-ring (bicyclic) bond motifs is 1. The highest BCUT2D eigenvalue weighted by Gasteiger charge is 2.20. The maximum Gasteiger partial charge on any atom is 0.177 e. The zero-order valence-electron chi connectivity index (χ0n) is 13.7. The first-order valence-electron chi connectivity index (χ1n) is 8.25. The fourth-order valence-electron chi connectivity index (χ4n) is 3.11. The lowest BCUT2D eigenvalue weighted by molar-refractivity contribution is 0.478. The Bertz CT molecular complexity index is 847. The highest BCUT2D eigenvalue weighted by atomic mass is 15.3. The second-order valence-electron chi connectivity index (χ2n) is 6.24. The zero-order valence-corrected chi connectivity index (χ0v) is 13.7. The topological polar surface area (TPSA) is 93.2 Å². The van der Waals surface area contributed by atoms with E-state index in [-0.39, 0.29) is 0 Å². The molecule has 0 radical (unpaired) electrons. The van der Waals surface area contributed by atoms with Crippen LogP contribution in [0.15, 0.2) is 30.7 Å². The number of rotatable bonds is 3. The van der Waals surface area contributed by atoms with E-state index in [2.05, 4.69) is 25.7 Å². The first kappa shape index (κ1) is 14.9. The molecular weight excluding hydrogens is 302 g/mol. The van der Waals surface area contributed by atoms with Crippen LogP contribution in [0.5, 0.6) is 0 Å². The van der Waals surface area contributed by atoms with Crippen molar-refractivity contribution in [2.45, 2.75) is 25.8 Å². The van der Waals surface area contributed by atoms with Crippen LogP contribution in [0.25, 0.3) is 16.9 Å². The molecule has 0 spiro atoms. The molecule has 4 N–H and O–H groups in total. The number of piperidine rings is 1. The molecule has 1 fully saturated rings. The number of nitrogen functional groups attached to an aromatic ring is 1. The quantitative estimate of drug-likeness (QED) is 0.681. The average Bonchev–Trinajstić information content (AvgIpc) is 3.06. The standard InChI is InChI=1S/C17H21N7/c1-11-4-5-13(21-9-11)14-15(18)17-20-7-8-24(17)23-16(14)22-12-3-2-6-19-10-12/h4-5,7-9,12,19H,2-3,6,10,18H2,1H3,(H,22,23)/t12-/m0/s1. The number of aryl methyl sites for hydroxylation is 1. The lowest BCUT2D eigenvalue weighted by Crippen LogP contribution is -2.38. The highest BCUT2D eigenvalue weighted by Crippen LogP contribution is 2.33. The monoisotopic (exact) mass is 323 g/mol. The van der Waals surface area contributed by atoms with Crippen molar-refractivity contribution in [2.75, 3.05) is 24.1 Å². The van der Waals surface area contributed by atoms with Gasteiger partial charge in [0.25, 0.3) is 0 Å². The summed E-state index contributed by atoms with van der Waals surface area (Å²) < 4.78 is 1.71. The van der Waals surface area contributed by atoms with Crippen molar-refractivity contribution >= 4 is 17.2 Å². The molecule has 1 atom stereocenters. The lowest BCUT2D eigenvalue weighted by atomic mass is 10.1. The molecule has 0 aliphatic carbocycles. The number of nitrogens with one attached hydrogen (secondary N) is 2. The van der Waals surface area contributed by atoms with Crippen molar-refractivity contribution in [1.82, 2.24) is 24.9 Å². The third kappa shape index (κ3) is 2.67. The fourth-order valence-corrected chi connectivity index (χ4v) is 3.11. The van der Waals surface area contributed by atoms with Gasteiger partial charge in [-0.1, -0.05) is 6.07 Å². The van der Waals surface area contributed by atoms with E-state index in [9.17, 15) is 0 Å². The Hall–Kier alpha value is -2.67. The van der Waals surface area contributed by atoms with Gasteiger partial charge in [0.2, 0.25) is 0 Å². The Balaban J connectivity index is 1.83. The van der Waals surface area contributed by atoms with Gasteiger partial charge in [-0.05, 0) is 37.9 Å². The van der Waals surface area contributed by atoms with Gasteiger partial charge in [0.05, 0.1) is 16.9 Å². The van der Waals surface area contributed by atoms with Crippen molar-refractivity contribution in [3.8, 4) is 11.3 Å². The van der Waals surface area contributed by atoms with Crippen LogP contribution >= 0.6 is 0 Å². The van der Waals surface area contributed by atoms with Gasteiger partial charge in [-0.2, -0.15) is 0 Å². The molecule has 4 rings (SSSR count). The van der Waals surface area contributed by atoms with Gasteiger partial charge in [-0.3, -0.25) is 4.98 Å². The van der Waals surface area contributed by atoms with Crippen LogP contribution in [0, 0.1) is 6.92 Å². The van der Waals surface area contributed by atoms with Crippen molar-refractivity contribution in [3.05, 3.63) is 36.3 Å². The molecule has 0 saturated carbocycles. The van der Waals surface area contributed by atoms with Gasteiger partial charge >= 0.3 is 0 Å². The summed E-state index contributed by atoms with van der Waals surface area (Å²) in [5, 5.41) is 11.6. The summed E-state index contributed by atoms with van der Waals surface area (Å²) in [7, 11) is 0. The van der Waals surface area contributed by atoms with Gasteiger partial charge in [-0.15, -0.1) is 5.10 Å². The molecular formula is C17H21N7. The maximum absolute atomic E-state index is 6.42. The van der Waals surface area contributed by atoms with Gasteiger partial charge in [0.15, 0.2) is 11.5 Å². The van der Waals surface area contributed by atoms with Gasteiger partial charge < -0.3 is 16.4 Å². The van der Waals surface area contributed by atoms with Crippen molar-refractivity contribution in [2.24, 2.45) is 0 Å². The van der Waals surface area contributed by atoms with Crippen molar-refractivity contribution in [1.29, 1.82) is 0 Å². The highest BCUT2D eigenvalue weighted by molar-refractivity contribution is 5.90. The molecule has 124 valence electrons. The first-order valence-corrected chi connectivity index (χ1v) is 8.25. The van der Waals surface area contributed by atoms with Crippen molar-refractivity contribution in [3.63, 3.8) is 0 Å². The second kappa shape index (κ2) is 6.09. The number of anilines is 2. The molecule has 3 aromatic rings. The first-order chi connectivity index (χ1) is 11.7. The Morgan fingerprint density at radius 2 is 2.25 bits per heavy atom. The summed E-state index contributed by atoms with van der Waals surface area (Å²) in [5.74, 6) is 0.753. The van der Waals surface area contributed by atoms with Gasteiger partial charge in [0, 0.05) is 31.2 Å². The summed E-state index contributed by atoms with van der Waals surface area (Å²) in [6, 6.07) is 4.34. The SMILES string of the molecule is Cc1ccc(-c2c(N[C@H]3CCCNC3)nn3ccnc3c2N)nc1. The minimum atomic E-state index is 0.329. The van der Waals surface area contributed by atoms with E-state index in [1.807, 2.05) is 31.5 Å². The molecule has 0 bridgehead atoms. The van der Waals surface area contributed by atoms with Crippen LogP contribution in [0.1, 0.15) is 18.4 Å². The number of imidazole rings is 1. The Morgan fingerprint density at radius 3 is 3.00 bits per heavy atom. The molecule has 1 aliphatic rings. The number of nitrogens with zero attached hydrogens (tertiary/aromatic N) is 4. The zero-order chi connectivity index (χ0) is 16.5. The minimum absolute atomic E-state index is 0.329. The Kier molecular flexibility index (Phi) is 3.78. The fraction of sp³-hybridized carbons (Fsp3) is 0.353. The molecule has 3 aromatic heterocycles. The molecule has 24 heavy (non-hydrogen) atoms. The predicted octanol–water partition coefficient (Wildman–Crippen LogP) is 1.85. The smallest absolute Gasteiger partial charge is 0.177 e.